The standard InChI is InChI=1S/C18H16O3/c19-16(14-8-2-1-3-9-14)18(17(20)21)12-6-10-13-7-4-5-11-15(13)18/h1-5,7-9,11H,6,10,12H2,(H,20,21). The number of aryl methyl sites for hydroxylation is 1. The Kier molecular flexibility index (Phi) is 3.34. The second kappa shape index (κ2) is 5.17. The Labute approximate surface area is 123 Å². The van der Waals surface area contributed by atoms with Crippen LogP contribution in [0.4, 0.5) is 0 Å². The zero-order chi connectivity index (χ0) is 14.9. The van der Waals surface area contributed by atoms with Gasteiger partial charge in [0, 0.05) is 5.56 Å². The molecule has 106 valence electrons. The molecular formula is C18H16O3. The minimum atomic E-state index is -1.45. The fourth-order valence-corrected chi connectivity index (χ4v) is 3.22. The lowest BCUT2D eigenvalue weighted by Crippen LogP contribution is -2.46. The number of ketones is 1. The molecule has 3 nitrogen and oxygen atoms in total. The Morgan fingerprint density at radius 3 is 2.33 bits per heavy atom. The smallest absolute Gasteiger partial charge is 0.322 e. The van der Waals surface area contributed by atoms with Gasteiger partial charge in [-0.05, 0) is 30.4 Å². The lowest BCUT2D eigenvalue weighted by Gasteiger charge is -2.34. The first-order valence-corrected chi connectivity index (χ1v) is 7.08. The summed E-state index contributed by atoms with van der Waals surface area (Å²) in [6.07, 6.45) is 1.89. The Bertz CT molecular complexity index is 691. The number of benzene rings is 2. The number of aliphatic carboxylic acids is 1. The minimum absolute atomic E-state index is 0.317. The molecule has 0 heterocycles. The van der Waals surface area contributed by atoms with Crippen molar-refractivity contribution in [2.45, 2.75) is 24.7 Å². The molecule has 0 amide bonds. The second-order valence-corrected chi connectivity index (χ2v) is 5.42. The molecule has 2 aromatic carbocycles. The van der Waals surface area contributed by atoms with Crippen LogP contribution in [0.3, 0.4) is 0 Å². The van der Waals surface area contributed by atoms with Crippen LogP contribution < -0.4 is 0 Å². The van der Waals surface area contributed by atoms with Gasteiger partial charge < -0.3 is 5.11 Å². The fourth-order valence-electron chi connectivity index (χ4n) is 3.22. The average molecular weight is 280 g/mol. The molecule has 1 aliphatic rings. The Morgan fingerprint density at radius 1 is 0.952 bits per heavy atom. The van der Waals surface area contributed by atoms with Crippen LogP contribution in [0.1, 0.15) is 34.3 Å². The van der Waals surface area contributed by atoms with E-state index < -0.39 is 11.4 Å². The molecule has 0 spiro atoms. The molecule has 0 aromatic heterocycles. The number of rotatable bonds is 3. The largest absolute Gasteiger partial charge is 0.480 e. The molecule has 21 heavy (non-hydrogen) atoms. The van der Waals surface area contributed by atoms with Crippen LogP contribution in [0, 0.1) is 0 Å². The van der Waals surface area contributed by atoms with Gasteiger partial charge in [-0.25, -0.2) is 0 Å². The SMILES string of the molecule is O=C(O)C1(C(=O)c2ccccc2)CCCc2ccccc21. The van der Waals surface area contributed by atoms with Gasteiger partial charge in [-0.15, -0.1) is 0 Å². The van der Waals surface area contributed by atoms with Gasteiger partial charge in [0.25, 0.3) is 0 Å². The van der Waals surface area contributed by atoms with Crippen molar-refractivity contribution in [2.24, 2.45) is 0 Å². The topological polar surface area (TPSA) is 54.4 Å². The first-order valence-electron chi connectivity index (χ1n) is 7.08. The molecular weight excluding hydrogens is 264 g/mol. The average Bonchev–Trinajstić information content (AvgIpc) is 2.54. The molecule has 1 N–H and O–H groups in total. The summed E-state index contributed by atoms with van der Waals surface area (Å²) in [4.78, 5) is 25.0. The van der Waals surface area contributed by atoms with Crippen LogP contribution in [-0.4, -0.2) is 16.9 Å². The molecule has 1 aliphatic carbocycles. The molecule has 0 radical (unpaired) electrons. The van der Waals surface area contributed by atoms with Gasteiger partial charge in [0.15, 0.2) is 11.2 Å². The quantitative estimate of drug-likeness (QED) is 0.693. The normalized spacial score (nSPS) is 20.6. The van der Waals surface area contributed by atoms with E-state index in [1.54, 1.807) is 36.4 Å². The highest BCUT2D eigenvalue weighted by atomic mass is 16.4. The molecule has 0 bridgehead atoms. The Balaban J connectivity index is 2.19. The molecule has 0 fully saturated rings. The first-order chi connectivity index (χ1) is 10.2. The van der Waals surface area contributed by atoms with E-state index in [1.807, 2.05) is 18.2 Å². The van der Waals surface area contributed by atoms with E-state index in [4.69, 9.17) is 0 Å². The number of hydrogen-bond acceptors (Lipinski definition) is 2. The molecule has 2 aromatic rings. The van der Waals surface area contributed by atoms with Gasteiger partial charge in [0.1, 0.15) is 0 Å². The molecule has 0 saturated carbocycles. The predicted molar refractivity (Wildman–Crippen MR) is 79.5 cm³/mol. The highest BCUT2D eigenvalue weighted by Gasteiger charge is 2.50. The highest BCUT2D eigenvalue weighted by Crippen LogP contribution is 2.40. The third-order valence-electron chi connectivity index (χ3n) is 4.26. The summed E-state index contributed by atoms with van der Waals surface area (Å²) in [5.74, 6) is -1.37. The van der Waals surface area contributed by atoms with Gasteiger partial charge in [-0.3, -0.25) is 9.59 Å². The van der Waals surface area contributed by atoms with Gasteiger partial charge in [0.2, 0.25) is 0 Å². The van der Waals surface area contributed by atoms with E-state index in [9.17, 15) is 14.7 Å². The number of fused-ring (bicyclic) bond motifs is 1. The number of carboxylic acid groups (broad SMARTS) is 1. The summed E-state index contributed by atoms with van der Waals surface area (Å²) in [5, 5.41) is 9.85. The summed E-state index contributed by atoms with van der Waals surface area (Å²) in [6, 6.07) is 16.1. The minimum Gasteiger partial charge on any atom is -0.480 e. The maximum Gasteiger partial charge on any atom is 0.322 e. The zero-order valence-electron chi connectivity index (χ0n) is 11.6. The fraction of sp³-hybridized carbons (Fsp3) is 0.222. The number of Topliss-reactive ketones (excluding diaryl/α,β-unsaturated/α-hetero) is 1. The lowest BCUT2D eigenvalue weighted by atomic mass is 9.66. The molecule has 0 saturated heterocycles. The van der Waals surface area contributed by atoms with Crippen molar-refractivity contribution in [1.82, 2.24) is 0 Å². The van der Waals surface area contributed by atoms with Crippen LogP contribution in [0.15, 0.2) is 54.6 Å². The van der Waals surface area contributed by atoms with Gasteiger partial charge in [0.05, 0.1) is 0 Å². The summed E-state index contributed by atoms with van der Waals surface area (Å²) in [5.41, 5.74) is 0.626. The molecule has 1 atom stereocenters. The summed E-state index contributed by atoms with van der Waals surface area (Å²) >= 11 is 0. The number of carboxylic acids is 1. The molecule has 1 unspecified atom stereocenters. The predicted octanol–water partition coefficient (Wildman–Crippen LogP) is 3.23. The van der Waals surface area contributed by atoms with Gasteiger partial charge >= 0.3 is 5.97 Å². The van der Waals surface area contributed by atoms with Gasteiger partial charge in [-0.1, -0.05) is 54.6 Å². The van der Waals surface area contributed by atoms with Crippen molar-refractivity contribution in [3.05, 3.63) is 71.3 Å². The molecule has 3 rings (SSSR count). The second-order valence-electron chi connectivity index (χ2n) is 5.42. The van der Waals surface area contributed by atoms with Crippen molar-refractivity contribution in [3.63, 3.8) is 0 Å². The summed E-state index contributed by atoms with van der Waals surface area (Å²) < 4.78 is 0. The van der Waals surface area contributed by atoms with Crippen molar-refractivity contribution in [1.29, 1.82) is 0 Å². The van der Waals surface area contributed by atoms with E-state index in [2.05, 4.69) is 0 Å². The maximum atomic E-state index is 12.9. The van der Waals surface area contributed by atoms with Crippen molar-refractivity contribution in [3.8, 4) is 0 Å². The van der Waals surface area contributed by atoms with E-state index >= 15 is 0 Å². The lowest BCUT2D eigenvalue weighted by molar-refractivity contribution is -0.142. The number of carbonyl (C=O) groups is 2. The van der Waals surface area contributed by atoms with E-state index in [0.29, 0.717) is 24.0 Å². The monoisotopic (exact) mass is 280 g/mol. The van der Waals surface area contributed by atoms with Crippen LogP contribution in [0.2, 0.25) is 0 Å². The summed E-state index contributed by atoms with van der Waals surface area (Å²) in [6.45, 7) is 0. The van der Waals surface area contributed by atoms with Crippen molar-refractivity contribution in [2.75, 3.05) is 0 Å². The van der Waals surface area contributed by atoms with Crippen LogP contribution in [0.25, 0.3) is 0 Å². The maximum absolute atomic E-state index is 12.9. The highest BCUT2D eigenvalue weighted by molar-refractivity contribution is 6.17. The zero-order valence-corrected chi connectivity index (χ0v) is 11.6. The third kappa shape index (κ3) is 2.05. The van der Waals surface area contributed by atoms with E-state index in [-0.39, 0.29) is 5.78 Å². The van der Waals surface area contributed by atoms with Crippen molar-refractivity contribution >= 4 is 11.8 Å². The van der Waals surface area contributed by atoms with Gasteiger partial charge in [-0.2, -0.15) is 0 Å². The first kappa shape index (κ1) is 13.6. The van der Waals surface area contributed by atoms with Crippen LogP contribution >= 0.6 is 0 Å². The van der Waals surface area contributed by atoms with E-state index in [1.165, 1.54) is 0 Å². The van der Waals surface area contributed by atoms with Crippen LogP contribution in [-0.2, 0) is 16.6 Å². The Hall–Kier alpha value is -2.42. The van der Waals surface area contributed by atoms with Crippen molar-refractivity contribution < 1.29 is 14.7 Å². The summed E-state index contributed by atoms with van der Waals surface area (Å²) in [7, 11) is 0. The van der Waals surface area contributed by atoms with Crippen LogP contribution in [0.5, 0.6) is 0 Å². The third-order valence-corrected chi connectivity index (χ3v) is 4.26. The number of carbonyl (C=O) groups excluding carboxylic acids is 1. The Morgan fingerprint density at radius 2 is 1.62 bits per heavy atom. The number of hydrogen-bond donors (Lipinski definition) is 1. The molecule has 0 aliphatic heterocycles. The van der Waals surface area contributed by atoms with E-state index in [0.717, 1.165) is 12.0 Å². The molecule has 3 heteroatoms.